The van der Waals surface area contributed by atoms with Gasteiger partial charge < -0.3 is 14.0 Å². The maximum Gasteiger partial charge on any atom is 0.573 e. The van der Waals surface area contributed by atoms with E-state index in [1.807, 2.05) is 6.92 Å². The topological polar surface area (TPSA) is 86.5 Å². The number of hydrogen-bond donors (Lipinski definition) is 1. The standard InChI is InChI=1S/C21H16F3N3O4S/c1-11-16(12(2)31-27-11)10-29-14-5-3-13(4-6-14)19(28)26-20-25-17-8-7-15(9-18(17)32-20)30-21(22,23)24/h3-9H,10H2,1-2H3,(H,25,26,28). The molecule has 7 nitrogen and oxygen atoms in total. The van der Waals surface area contributed by atoms with E-state index in [1.165, 1.54) is 18.2 Å². The van der Waals surface area contributed by atoms with Gasteiger partial charge in [0.2, 0.25) is 0 Å². The summed E-state index contributed by atoms with van der Waals surface area (Å²) in [7, 11) is 0. The molecule has 0 bridgehead atoms. The summed E-state index contributed by atoms with van der Waals surface area (Å²) in [6.07, 6.45) is -4.78. The molecular weight excluding hydrogens is 447 g/mol. The Balaban J connectivity index is 1.40. The number of anilines is 1. The third-order valence-corrected chi connectivity index (χ3v) is 5.43. The summed E-state index contributed by atoms with van der Waals surface area (Å²) < 4.78 is 52.3. The molecule has 1 amide bonds. The van der Waals surface area contributed by atoms with Crippen LogP contribution in [0.25, 0.3) is 10.2 Å². The van der Waals surface area contributed by atoms with Gasteiger partial charge in [-0.1, -0.05) is 16.5 Å². The third kappa shape index (κ3) is 4.99. The Bertz CT molecular complexity index is 1250. The molecule has 2 heterocycles. The summed E-state index contributed by atoms with van der Waals surface area (Å²) in [5.74, 6) is 0.497. The number of rotatable bonds is 6. The van der Waals surface area contributed by atoms with Crippen molar-refractivity contribution in [1.82, 2.24) is 10.1 Å². The van der Waals surface area contributed by atoms with Gasteiger partial charge in [0.15, 0.2) is 5.13 Å². The lowest BCUT2D eigenvalue weighted by atomic mass is 10.2. The van der Waals surface area contributed by atoms with E-state index in [0.29, 0.717) is 33.9 Å². The van der Waals surface area contributed by atoms with E-state index in [0.717, 1.165) is 22.6 Å². The molecule has 11 heteroatoms. The molecule has 0 radical (unpaired) electrons. The fourth-order valence-corrected chi connectivity index (χ4v) is 3.78. The van der Waals surface area contributed by atoms with Gasteiger partial charge >= 0.3 is 6.36 Å². The zero-order valence-electron chi connectivity index (χ0n) is 16.8. The summed E-state index contributed by atoms with van der Waals surface area (Å²) >= 11 is 1.04. The van der Waals surface area contributed by atoms with Gasteiger partial charge in [0.25, 0.3) is 5.91 Å². The second-order valence-corrected chi connectivity index (χ2v) is 7.80. The number of carbonyl (C=O) groups is 1. The van der Waals surface area contributed by atoms with Crippen molar-refractivity contribution in [2.45, 2.75) is 26.8 Å². The maximum atomic E-state index is 12.5. The van der Waals surface area contributed by atoms with Gasteiger partial charge in [0, 0.05) is 11.6 Å². The summed E-state index contributed by atoms with van der Waals surface area (Å²) in [6, 6.07) is 10.3. The van der Waals surface area contributed by atoms with Gasteiger partial charge in [-0.3, -0.25) is 10.1 Å². The minimum absolute atomic E-state index is 0.257. The summed E-state index contributed by atoms with van der Waals surface area (Å²) in [6.45, 7) is 3.92. The highest BCUT2D eigenvalue weighted by Gasteiger charge is 2.31. The first-order valence-electron chi connectivity index (χ1n) is 9.30. The van der Waals surface area contributed by atoms with Crippen LogP contribution in [0.15, 0.2) is 47.0 Å². The van der Waals surface area contributed by atoms with Crippen LogP contribution in [-0.4, -0.2) is 22.4 Å². The molecule has 2 aromatic carbocycles. The van der Waals surface area contributed by atoms with Gasteiger partial charge in [-0.15, -0.1) is 13.2 Å². The van der Waals surface area contributed by atoms with Crippen LogP contribution < -0.4 is 14.8 Å². The maximum absolute atomic E-state index is 12.5. The van der Waals surface area contributed by atoms with Crippen molar-refractivity contribution in [2.75, 3.05) is 5.32 Å². The van der Waals surface area contributed by atoms with Gasteiger partial charge in [-0.05, 0) is 50.2 Å². The van der Waals surface area contributed by atoms with Crippen molar-refractivity contribution < 1.29 is 32.0 Å². The van der Waals surface area contributed by atoms with Crippen LogP contribution in [0, 0.1) is 13.8 Å². The molecule has 2 aromatic heterocycles. The number of nitrogens with one attached hydrogen (secondary N) is 1. The Morgan fingerprint density at radius 1 is 1.12 bits per heavy atom. The summed E-state index contributed by atoms with van der Waals surface area (Å²) in [5, 5.41) is 6.78. The molecule has 4 aromatic rings. The van der Waals surface area contributed by atoms with E-state index in [-0.39, 0.29) is 10.9 Å². The fraction of sp³-hybridized carbons (Fsp3) is 0.190. The highest BCUT2D eigenvalue weighted by Crippen LogP contribution is 2.32. The molecule has 0 saturated carbocycles. The molecule has 0 saturated heterocycles. The molecular formula is C21H16F3N3O4S. The fourth-order valence-electron chi connectivity index (χ4n) is 2.89. The molecule has 4 rings (SSSR count). The summed E-state index contributed by atoms with van der Waals surface area (Å²) in [4.78, 5) is 16.7. The van der Waals surface area contributed by atoms with Crippen LogP contribution in [0.4, 0.5) is 18.3 Å². The Morgan fingerprint density at radius 3 is 2.50 bits per heavy atom. The van der Waals surface area contributed by atoms with Crippen LogP contribution in [0.5, 0.6) is 11.5 Å². The lowest BCUT2D eigenvalue weighted by Crippen LogP contribution is -2.16. The smallest absolute Gasteiger partial charge is 0.489 e. The first-order valence-corrected chi connectivity index (χ1v) is 10.1. The van der Waals surface area contributed by atoms with Gasteiger partial charge in [0.1, 0.15) is 23.9 Å². The first kappa shape index (κ1) is 21.6. The normalized spacial score (nSPS) is 11.5. The van der Waals surface area contributed by atoms with Crippen LogP contribution in [0.3, 0.4) is 0 Å². The zero-order chi connectivity index (χ0) is 22.9. The monoisotopic (exact) mass is 463 g/mol. The van der Waals surface area contributed by atoms with Crippen molar-refractivity contribution in [3.8, 4) is 11.5 Å². The van der Waals surface area contributed by atoms with E-state index >= 15 is 0 Å². The number of aryl methyl sites for hydroxylation is 2. The number of thiazole rings is 1. The highest BCUT2D eigenvalue weighted by molar-refractivity contribution is 7.22. The number of nitrogens with zero attached hydrogens (tertiary/aromatic N) is 2. The van der Waals surface area contributed by atoms with Crippen molar-refractivity contribution in [2.24, 2.45) is 0 Å². The predicted octanol–water partition coefficient (Wildman–Crippen LogP) is 5.63. The van der Waals surface area contributed by atoms with Gasteiger partial charge in [0.05, 0.1) is 21.5 Å². The Hall–Kier alpha value is -3.60. The van der Waals surface area contributed by atoms with Crippen molar-refractivity contribution in [1.29, 1.82) is 0 Å². The lowest BCUT2D eigenvalue weighted by Gasteiger charge is -2.07. The molecule has 0 fully saturated rings. The highest BCUT2D eigenvalue weighted by atomic mass is 32.1. The second kappa shape index (κ2) is 8.50. The SMILES string of the molecule is Cc1noc(C)c1COc1ccc(C(=O)Nc2nc3ccc(OC(F)(F)F)cc3s2)cc1. The minimum atomic E-state index is -4.78. The van der Waals surface area contributed by atoms with E-state index < -0.39 is 12.3 Å². The van der Waals surface area contributed by atoms with Crippen LogP contribution in [-0.2, 0) is 6.61 Å². The molecule has 0 unspecified atom stereocenters. The number of carbonyl (C=O) groups excluding carboxylic acids is 1. The number of hydrogen-bond acceptors (Lipinski definition) is 7. The minimum Gasteiger partial charge on any atom is -0.489 e. The quantitative estimate of drug-likeness (QED) is 0.399. The third-order valence-electron chi connectivity index (χ3n) is 4.49. The van der Waals surface area contributed by atoms with Crippen LogP contribution >= 0.6 is 11.3 Å². The Morgan fingerprint density at radius 2 is 1.84 bits per heavy atom. The van der Waals surface area contributed by atoms with E-state index in [4.69, 9.17) is 9.26 Å². The number of benzene rings is 2. The second-order valence-electron chi connectivity index (χ2n) is 6.77. The molecule has 0 spiro atoms. The number of amides is 1. The van der Waals surface area contributed by atoms with E-state index in [2.05, 4.69) is 20.2 Å². The van der Waals surface area contributed by atoms with E-state index in [9.17, 15) is 18.0 Å². The predicted molar refractivity (Wildman–Crippen MR) is 111 cm³/mol. The first-order chi connectivity index (χ1) is 15.2. The van der Waals surface area contributed by atoms with Gasteiger partial charge in [-0.25, -0.2) is 4.98 Å². The molecule has 1 N–H and O–H groups in total. The zero-order valence-corrected chi connectivity index (χ0v) is 17.6. The van der Waals surface area contributed by atoms with Crippen molar-refractivity contribution in [3.63, 3.8) is 0 Å². The average molecular weight is 463 g/mol. The van der Waals surface area contributed by atoms with Crippen molar-refractivity contribution in [3.05, 3.63) is 65.0 Å². The number of halogens is 3. The number of ether oxygens (including phenoxy) is 2. The molecule has 0 aliphatic carbocycles. The molecule has 0 aliphatic heterocycles. The van der Waals surface area contributed by atoms with Crippen molar-refractivity contribution >= 4 is 32.6 Å². The molecule has 0 atom stereocenters. The van der Waals surface area contributed by atoms with Crippen LogP contribution in [0.1, 0.15) is 27.4 Å². The Kier molecular flexibility index (Phi) is 5.74. The molecule has 32 heavy (non-hydrogen) atoms. The average Bonchev–Trinajstić information content (AvgIpc) is 3.27. The number of alkyl halides is 3. The van der Waals surface area contributed by atoms with Crippen LogP contribution in [0.2, 0.25) is 0 Å². The van der Waals surface area contributed by atoms with E-state index in [1.54, 1.807) is 31.2 Å². The number of aromatic nitrogens is 2. The summed E-state index contributed by atoms with van der Waals surface area (Å²) in [5.41, 5.74) is 2.44. The molecule has 166 valence electrons. The Labute approximate surface area is 183 Å². The lowest BCUT2D eigenvalue weighted by molar-refractivity contribution is -0.274. The van der Waals surface area contributed by atoms with Gasteiger partial charge in [-0.2, -0.15) is 0 Å². The molecule has 0 aliphatic rings. The largest absolute Gasteiger partial charge is 0.573 e. The number of fused-ring (bicyclic) bond motifs is 1.